The van der Waals surface area contributed by atoms with Crippen LogP contribution in [0.15, 0.2) is 57.6 Å². The molecule has 106 valence electrons. The number of hydrogen-bond acceptors (Lipinski definition) is 5. The van der Waals surface area contributed by atoms with Gasteiger partial charge in [0, 0.05) is 5.39 Å². The van der Waals surface area contributed by atoms with Crippen LogP contribution in [-0.2, 0) is 0 Å². The second-order valence-electron chi connectivity index (χ2n) is 4.74. The first-order valence-corrected chi connectivity index (χ1v) is 6.72. The van der Waals surface area contributed by atoms with Gasteiger partial charge in [0.25, 0.3) is 0 Å². The van der Waals surface area contributed by atoms with Gasteiger partial charge >= 0.3 is 0 Å². The molecule has 0 saturated heterocycles. The number of ether oxygens (including phenoxy) is 1. The molecular formula is C17H10N2O3. The van der Waals surface area contributed by atoms with Crippen molar-refractivity contribution in [2.24, 2.45) is 0 Å². The number of nitrogens with zero attached hydrogens (tertiary/aromatic N) is 2. The molecule has 0 aliphatic rings. The molecule has 0 aliphatic heterocycles. The molecule has 2 heterocycles. The Bertz CT molecular complexity index is 975. The van der Waals surface area contributed by atoms with E-state index in [0.29, 0.717) is 17.2 Å². The first-order chi connectivity index (χ1) is 10.8. The zero-order chi connectivity index (χ0) is 14.9. The fraction of sp³-hybridized carbons (Fsp3) is 0.0588. The maximum Gasteiger partial charge on any atom is 0.231 e. The Morgan fingerprint density at radius 1 is 1.14 bits per heavy atom. The Morgan fingerprint density at radius 3 is 2.91 bits per heavy atom. The first kappa shape index (κ1) is 12.5. The van der Waals surface area contributed by atoms with Crippen molar-refractivity contribution in [3.8, 4) is 23.3 Å². The van der Waals surface area contributed by atoms with Crippen LogP contribution >= 0.6 is 0 Å². The lowest BCUT2D eigenvalue weighted by Crippen LogP contribution is -1.92. The molecule has 0 fully saturated rings. The summed E-state index contributed by atoms with van der Waals surface area (Å²) in [4.78, 5) is 4.48. The van der Waals surface area contributed by atoms with Gasteiger partial charge < -0.3 is 13.6 Å². The van der Waals surface area contributed by atoms with Crippen molar-refractivity contribution in [1.29, 1.82) is 5.26 Å². The molecule has 0 N–H and O–H groups in total. The van der Waals surface area contributed by atoms with Crippen molar-refractivity contribution in [2.45, 2.75) is 0 Å². The van der Waals surface area contributed by atoms with Gasteiger partial charge in [-0.2, -0.15) is 5.26 Å². The molecule has 0 bridgehead atoms. The molecule has 4 rings (SSSR count). The number of benzene rings is 2. The van der Waals surface area contributed by atoms with Crippen LogP contribution in [0.5, 0.6) is 5.75 Å². The number of para-hydroxylation sites is 2. The lowest BCUT2D eigenvalue weighted by Gasteiger charge is -2.00. The molecule has 22 heavy (non-hydrogen) atoms. The third kappa shape index (κ3) is 1.98. The second kappa shape index (κ2) is 4.93. The lowest BCUT2D eigenvalue weighted by atomic mass is 10.1. The molecular weight excluding hydrogens is 280 g/mol. The maximum atomic E-state index is 8.60. The zero-order valence-electron chi connectivity index (χ0n) is 11.4. The molecule has 0 unspecified atom stereocenters. The van der Waals surface area contributed by atoms with Gasteiger partial charge in [0.2, 0.25) is 5.89 Å². The van der Waals surface area contributed by atoms with Gasteiger partial charge in [0.05, 0.1) is 5.56 Å². The van der Waals surface area contributed by atoms with E-state index in [0.717, 1.165) is 22.0 Å². The average molecular weight is 290 g/mol. The average Bonchev–Trinajstić information content (AvgIpc) is 3.15. The van der Waals surface area contributed by atoms with E-state index in [2.05, 4.69) is 4.98 Å². The number of furan rings is 1. The Hall–Kier alpha value is -3.26. The van der Waals surface area contributed by atoms with Crippen molar-refractivity contribution in [3.63, 3.8) is 0 Å². The van der Waals surface area contributed by atoms with E-state index in [-0.39, 0.29) is 6.61 Å². The highest BCUT2D eigenvalue weighted by atomic mass is 16.5. The first-order valence-electron chi connectivity index (χ1n) is 6.72. The summed E-state index contributed by atoms with van der Waals surface area (Å²) in [5, 5.41) is 9.43. The zero-order valence-corrected chi connectivity index (χ0v) is 11.4. The molecule has 0 radical (unpaired) electrons. The van der Waals surface area contributed by atoms with Crippen molar-refractivity contribution in [1.82, 2.24) is 4.98 Å². The van der Waals surface area contributed by atoms with Gasteiger partial charge in [-0.15, -0.1) is 0 Å². The minimum atomic E-state index is 0.00157. The van der Waals surface area contributed by atoms with Crippen LogP contribution in [-0.4, -0.2) is 11.6 Å². The summed E-state index contributed by atoms with van der Waals surface area (Å²) >= 11 is 0. The minimum Gasteiger partial charge on any atom is -0.479 e. The summed E-state index contributed by atoms with van der Waals surface area (Å²) in [5.74, 6) is 1.10. The molecule has 0 saturated carbocycles. The number of rotatable bonds is 3. The van der Waals surface area contributed by atoms with Crippen LogP contribution in [0.25, 0.3) is 33.5 Å². The number of nitriles is 1. The molecule has 4 aromatic rings. The predicted molar refractivity (Wildman–Crippen MR) is 80.3 cm³/mol. The van der Waals surface area contributed by atoms with Crippen LogP contribution in [0.4, 0.5) is 0 Å². The third-order valence-electron chi connectivity index (χ3n) is 3.37. The van der Waals surface area contributed by atoms with Crippen LogP contribution in [0, 0.1) is 11.3 Å². The van der Waals surface area contributed by atoms with Crippen LogP contribution in [0.3, 0.4) is 0 Å². The van der Waals surface area contributed by atoms with E-state index in [9.17, 15) is 0 Å². The fourth-order valence-electron chi connectivity index (χ4n) is 2.37. The summed E-state index contributed by atoms with van der Waals surface area (Å²) in [6.07, 6.45) is 1.61. The highest BCUT2D eigenvalue weighted by Crippen LogP contribution is 2.34. The van der Waals surface area contributed by atoms with Crippen LogP contribution in [0.2, 0.25) is 0 Å². The smallest absolute Gasteiger partial charge is 0.231 e. The van der Waals surface area contributed by atoms with Gasteiger partial charge in [-0.25, -0.2) is 4.98 Å². The highest BCUT2D eigenvalue weighted by molar-refractivity contribution is 5.93. The van der Waals surface area contributed by atoms with Gasteiger partial charge in [-0.05, 0) is 30.3 Å². The molecule has 2 aromatic heterocycles. The fourth-order valence-corrected chi connectivity index (χ4v) is 2.37. The summed E-state index contributed by atoms with van der Waals surface area (Å²) in [5.41, 5.74) is 2.99. The normalized spacial score (nSPS) is 10.9. The molecule has 2 aromatic carbocycles. The Balaban J connectivity index is 1.85. The second-order valence-corrected chi connectivity index (χ2v) is 4.74. The summed E-state index contributed by atoms with van der Waals surface area (Å²) in [7, 11) is 0. The Labute approximate surface area is 125 Å². The van der Waals surface area contributed by atoms with Gasteiger partial charge in [0.15, 0.2) is 12.2 Å². The molecule has 0 atom stereocenters. The van der Waals surface area contributed by atoms with E-state index < -0.39 is 0 Å². The quantitative estimate of drug-likeness (QED) is 0.567. The van der Waals surface area contributed by atoms with Gasteiger partial charge in [-0.3, -0.25) is 0 Å². The van der Waals surface area contributed by atoms with E-state index in [4.69, 9.17) is 18.8 Å². The van der Waals surface area contributed by atoms with E-state index in [1.807, 2.05) is 36.4 Å². The Kier molecular flexibility index (Phi) is 2.80. The molecule has 0 spiro atoms. The van der Waals surface area contributed by atoms with Crippen LogP contribution in [0.1, 0.15) is 0 Å². The highest BCUT2D eigenvalue weighted by Gasteiger charge is 2.15. The molecule has 0 amide bonds. The third-order valence-corrected chi connectivity index (χ3v) is 3.37. The number of aromatic nitrogens is 1. The van der Waals surface area contributed by atoms with Gasteiger partial charge in [-0.1, -0.05) is 12.1 Å². The molecule has 5 heteroatoms. The van der Waals surface area contributed by atoms with Crippen molar-refractivity contribution < 1.29 is 13.6 Å². The van der Waals surface area contributed by atoms with E-state index in [1.165, 1.54) is 0 Å². The van der Waals surface area contributed by atoms with Crippen molar-refractivity contribution in [2.75, 3.05) is 6.61 Å². The van der Waals surface area contributed by atoms with Crippen LogP contribution < -0.4 is 4.74 Å². The van der Waals surface area contributed by atoms with Crippen molar-refractivity contribution >= 4 is 22.1 Å². The summed E-state index contributed by atoms with van der Waals surface area (Å²) in [6, 6.07) is 14.9. The van der Waals surface area contributed by atoms with E-state index in [1.54, 1.807) is 18.4 Å². The topological polar surface area (TPSA) is 72.2 Å². The van der Waals surface area contributed by atoms with Gasteiger partial charge in [0.1, 0.15) is 29.2 Å². The number of fused-ring (bicyclic) bond motifs is 2. The van der Waals surface area contributed by atoms with E-state index >= 15 is 0 Å². The molecule has 5 nitrogen and oxygen atoms in total. The summed E-state index contributed by atoms with van der Waals surface area (Å²) in [6.45, 7) is 0.00157. The number of oxazole rings is 1. The van der Waals surface area contributed by atoms with Crippen molar-refractivity contribution in [3.05, 3.63) is 48.7 Å². The lowest BCUT2D eigenvalue weighted by molar-refractivity contribution is 0.368. The largest absolute Gasteiger partial charge is 0.479 e. The maximum absolute atomic E-state index is 8.60. The monoisotopic (exact) mass is 290 g/mol. The number of hydrogen-bond donors (Lipinski definition) is 0. The SMILES string of the molecule is N#CCOc1ccc2occ(-c3nc4ccccc4o3)c2c1. The predicted octanol–water partition coefficient (Wildman–Crippen LogP) is 4.14. The Morgan fingerprint density at radius 2 is 2.05 bits per heavy atom. The molecule has 0 aliphatic carbocycles. The minimum absolute atomic E-state index is 0.00157. The summed E-state index contributed by atoms with van der Waals surface area (Å²) < 4.78 is 16.6. The standard InChI is InChI=1S/C17H10N2O3/c18-7-8-20-11-5-6-15-12(9-11)13(10-21-15)17-19-14-3-1-2-4-16(14)22-17/h1-6,9-10H,8H2.